The Balaban J connectivity index is 0.00000243. The van der Waals surface area contributed by atoms with Crippen LogP contribution in [0.3, 0.4) is 0 Å². The lowest BCUT2D eigenvalue weighted by molar-refractivity contribution is 0.422. The molecule has 0 saturated carbocycles. The number of guanidine groups is 1. The second kappa shape index (κ2) is 10.3. The van der Waals surface area contributed by atoms with E-state index in [0.29, 0.717) is 12.5 Å². The maximum atomic E-state index is 5.41. The molecule has 0 spiro atoms. The summed E-state index contributed by atoms with van der Waals surface area (Å²) >= 11 is 1.72. The number of hydrogen-bond acceptors (Lipinski definition) is 4. The van der Waals surface area contributed by atoms with Crippen LogP contribution in [0.15, 0.2) is 62.7 Å². The molecule has 0 radical (unpaired) electrons. The number of aliphatic imine (C=N–C) groups is 1. The number of aromatic nitrogens is 1. The first-order chi connectivity index (χ1) is 12.3. The van der Waals surface area contributed by atoms with E-state index >= 15 is 0 Å². The summed E-state index contributed by atoms with van der Waals surface area (Å²) in [5.74, 6) is 1.96. The molecule has 3 aromatic rings. The van der Waals surface area contributed by atoms with Crippen LogP contribution in [0.1, 0.15) is 24.1 Å². The molecule has 0 amide bonds. The van der Waals surface area contributed by atoms with Gasteiger partial charge < -0.3 is 15.2 Å². The van der Waals surface area contributed by atoms with Gasteiger partial charge in [0.05, 0.1) is 6.54 Å². The summed E-state index contributed by atoms with van der Waals surface area (Å²) < 4.78 is 5.41. The molecule has 5 nitrogen and oxygen atoms in total. The number of halogens is 1. The molecule has 0 aliphatic rings. The number of thiophene rings is 1. The van der Waals surface area contributed by atoms with Crippen molar-refractivity contribution in [2.75, 3.05) is 13.6 Å². The van der Waals surface area contributed by atoms with Gasteiger partial charge in [0.2, 0.25) is 0 Å². The molecule has 2 aromatic heterocycles. The van der Waals surface area contributed by atoms with Crippen LogP contribution < -0.4 is 10.6 Å². The van der Waals surface area contributed by atoms with Crippen LogP contribution in [0.5, 0.6) is 0 Å². The minimum atomic E-state index is 0. The van der Waals surface area contributed by atoms with Gasteiger partial charge in [-0.1, -0.05) is 42.4 Å². The molecule has 3 rings (SSSR count). The summed E-state index contributed by atoms with van der Waals surface area (Å²) in [7, 11) is 1.77. The third kappa shape index (κ3) is 5.57. The van der Waals surface area contributed by atoms with Gasteiger partial charge >= 0.3 is 0 Å². The van der Waals surface area contributed by atoms with Crippen molar-refractivity contribution in [3.8, 4) is 11.3 Å². The third-order valence-electron chi connectivity index (χ3n) is 3.97. The topological polar surface area (TPSA) is 62.5 Å². The lowest BCUT2D eigenvalue weighted by atomic mass is 10.1. The Kier molecular flexibility index (Phi) is 8.11. The maximum Gasteiger partial charge on any atom is 0.191 e. The number of hydrogen-bond donors (Lipinski definition) is 2. The molecule has 0 aliphatic carbocycles. The highest BCUT2D eigenvalue weighted by molar-refractivity contribution is 14.0. The van der Waals surface area contributed by atoms with Crippen molar-refractivity contribution >= 4 is 41.3 Å². The van der Waals surface area contributed by atoms with Crippen LogP contribution in [0.4, 0.5) is 0 Å². The fourth-order valence-electron chi connectivity index (χ4n) is 2.45. The highest BCUT2D eigenvalue weighted by Crippen LogP contribution is 2.19. The molecule has 2 heterocycles. The van der Waals surface area contributed by atoms with E-state index in [4.69, 9.17) is 4.52 Å². The van der Waals surface area contributed by atoms with Crippen molar-refractivity contribution < 1.29 is 4.52 Å². The van der Waals surface area contributed by atoms with Gasteiger partial charge in [0, 0.05) is 25.2 Å². The minimum absolute atomic E-state index is 0. The van der Waals surface area contributed by atoms with Crippen LogP contribution in [-0.2, 0) is 6.54 Å². The summed E-state index contributed by atoms with van der Waals surface area (Å²) in [6.45, 7) is 3.58. The SMILES string of the molecule is CN=C(NCc1cc(-c2ccccc2)on1)NCC(C)c1ccsc1.I. The monoisotopic (exact) mass is 482 g/mol. The molecule has 138 valence electrons. The Hall–Kier alpha value is -1.87. The lowest BCUT2D eigenvalue weighted by Crippen LogP contribution is -2.38. The molecule has 0 saturated heterocycles. The summed E-state index contributed by atoms with van der Waals surface area (Å²) in [5.41, 5.74) is 3.21. The first-order valence-electron chi connectivity index (χ1n) is 8.24. The fraction of sp³-hybridized carbons (Fsp3) is 0.263. The van der Waals surface area contributed by atoms with Crippen LogP contribution >= 0.6 is 35.3 Å². The van der Waals surface area contributed by atoms with Crippen molar-refractivity contribution in [3.63, 3.8) is 0 Å². The fourth-order valence-corrected chi connectivity index (χ4v) is 3.23. The summed E-state index contributed by atoms with van der Waals surface area (Å²) in [6, 6.07) is 14.1. The van der Waals surface area contributed by atoms with E-state index < -0.39 is 0 Å². The third-order valence-corrected chi connectivity index (χ3v) is 4.67. The molecular weight excluding hydrogens is 459 g/mol. The van der Waals surface area contributed by atoms with Gasteiger partial charge in [0.25, 0.3) is 0 Å². The Morgan fingerprint density at radius 1 is 1.23 bits per heavy atom. The van der Waals surface area contributed by atoms with E-state index in [-0.39, 0.29) is 24.0 Å². The standard InChI is InChI=1S/C19H22N4OS.HI/c1-14(16-8-9-25-13-16)11-21-19(20-2)22-12-17-10-18(24-23-17)15-6-4-3-5-7-15;/h3-10,13-14H,11-12H2,1-2H3,(H2,20,21,22);1H. The Bertz CT molecular complexity index is 802. The van der Waals surface area contributed by atoms with Gasteiger partial charge in [-0.05, 0) is 28.3 Å². The van der Waals surface area contributed by atoms with Gasteiger partial charge in [-0.2, -0.15) is 11.3 Å². The molecule has 0 aliphatic heterocycles. The van der Waals surface area contributed by atoms with Crippen LogP contribution in [0.2, 0.25) is 0 Å². The molecule has 1 unspecified atom stereocenters. The van der Waals surface area contributed by atoms with Gasteiger partial charge in [0.1, 0.15) is 5.69 Å². The van der Waals surface area contributed by atoms with E-state index in [1.807, 2.05) is 36.4 Å². The largest absolute Gasteiger partial charge is 0.356 e. The number of nitrogens with zero attached hydrogens (tertiary/aromatic N) is 2. The van der Waals surface area contributed by atoms with Gasteiger partial charge in [0.15, 0.2) is 11.7 Å². The number of benzene rings is 1. The van der Waals surface area contributed by atoms with E-state index in [2.05, 4.69) is 44.5 Å². The molecular formula is C19H23IN4OS. The van der Waals surface area contributed by atoms with E-state index in [1.165, 1.54) is 5.56 Å². The van der Waals surface area contributed by atoms with Gasteiger partial charge in [-0.3, -0.25) is 4.99 Å². The zero-order valence-electron chi connectivity index (χ0n) is 14.8. The molecule has 1 aromatic carbocycles. The number of nitrogens with one attached hydrogen (secondary N) is 2. The van der Waals surface area contributed by atoms with E-state index in [1.54, 1.807) is 18.4 Å². The Morgan fingerprint density at radius 3 is 2.73 bits per heavy atom. The van der Waals surface area contributed by atoms with E-state index in [9.17, 15) is 0 Å². The van der Waals surface area contributed by atoms with Gasteiger partial charge in [-0.25, -0.2) is 0 Å². The second-order valence-electron chi connectivity index (χ2n) is 5.81. The van der Waals surface area contributed by atoms with Crippen LogP contribution in [-0.4, -0.2) is 24.7 Å². The molecule has 7 heteroatoms. The highest BCUT2D eigenvalue weighted by atomic mass is 127. The molecule has 0 fully saturated rings. The minimum Gasteiger partial charge on any atom is -0.356 e. The number of rotatable bonds is 6. The van der Waals surface area contributed by atoms with Gasteiger partial charge in [-0.15, -0.1) is 24.0 Å². The smallest absolute Gasteiger partial charge is 0.191 e. The normalized spacial score (nSPS) is 12.3. The second-order valence-corrected chi connectivity index (χ2v) is 6.59. The molecule has 2 N–H and O–H groups in total. The maximum absolute atomic E-state index is 5.41. The average molecular weight is 482 g/mol. The van der Waals surface area contributed by atoms with E-state index in [0.717, 1.165) is 29.5 Å². The molecule has 0 bridgehead atoms. The van der Waals surface area contributed by atoms with Crippen molar-refractivity contribution in [2.45, 2.75) is 19.4 Å². The summed E-state index contributed by atoms with van der Waals surface area (Å²) in [5, 5.41) is 15.0. The quantitative estimate of drug-likeness (QED) is 0.309. The molecule has 1 atom stereocenters. The Labute approximate surface area is 174 Å². The molecule has 26 heavy (non-hydrogen) atoms. The van der Waals surface area contributed by atoms with Crippen molar-refractivity contribution in [3.05, 3.63) is 64.5 Å². The van der Waals surface area contributed by atoms with Crippen LogP contribution in [0, 0.1) is 0 Å². The zero-order chi connectivity index (χ0) is 17.5. The van der Waals surface area contributed by atoms with Crippen LogP contribution in [0.25, 0.3) is 11.3 Å². The Morgan fingerprint density at radius 2 is 2.04 bits per heavy atom. The highest BCUT2D eigenvalue weighted by Gasteiger charge is 2.09. The summed E-state index contributed by atoms with van der Waals surface area (Å²) in [4.78, 5) is 4.26. The predicted octanol–water partition coefficient (Wildman–Crippen LogP) is 4.49. The summed E-state index contributed by atoms with van der Waals surface area (Å²) in [6.07, 6.45) is 0. The van der Waals surface area contributed by atoms with Crippen molar-refractivity contribution in [2.24, 2.45) is 4.99 Å². The predicted molar refractivity (Wildman–Crippen MR) is 118 cm³/mol. The first kappa shape index (κ1) is 20.4. The first-order valence-corrected chi connectivity index (χ1v) is 9.18. The lowest BCUT2D eigenvalue weighted by Gasteiger charge is -2.14. The van der Waals surface area contributed by atoms with Crippen molar-refractivity contribution in [1.82, 2.24) is 15.8 Å². The average Bonchev–Trinajstić information content (AvgIpc) is 3.34. The zero-order valence-corrected chi connectivity index (χ0v) is 18.0. The van der Waals surface area contributed by atoms with Crippen molar-refractivity contribution in [1.29, 1.82) is 0 Å².